The highest BCUT2D eigenvalue weighted by Gasteiger charge is 2.21. The third-order valence-electron chi connectivity index (χ3n) is 12.8. The lowest BCUT2D eigenvalue weighted by Gasteiger charge is -2.29. The first-order valence-corrected chi connectivity index (χ1v) is 22.0. The molecule has 1 aromatic heterocycles. The number of hydrogen-bond acceptors (Lipinski definition) is 1. The van der Waals surface area contributed by atoms with Crippen LogP contribution in [-0.2, 0) is 0 Å². The second-order valence-electron chi connectivity index (χ2n) is 16.5. The monoisotopic (exact) mass is 814 g/mol. The Hall–Kier alpha value is -8.46. The van der Waals surface area contributed by atoms with Crippen LogP contribution < -0.4 is 4.90 Å². The van der Waals surface area contributed by atoms with Gasteiger partial charge in [-0.3, -0.25) is 0 Å². The van der Waals surface area contributed by atoms with Crippen molar-refractivity contribution < 1.29 is 0 Å². The Morgan fingerprint density at radius 3 is 1.48 bits per heavy atom. The van der Waals surface area contributed by atoms with E-state index in [2.05, 4.69) is 264 Å². The zero-order valence-electron chi connectivity index (χ0n) is 35.1. The van der Waals surface area contributed by atoms with E-state index in [0.29, 0.717) is 0 Å². The van der Waals surface area contributed by atoms with Crippen molar-refractivity contribution in [3.8, 4) is 50.2 Å². The number of rotatable bonds is 8. The zero-order valence-corrected chi connectivity index (χ0v) is 35.1. The zero-order chi connectivity index (χ0) is 42.4. The molecule has 0 aliphatic rings. The molecule has 300 valence electrons. The van der Waals surface area contributed by atoms with E-state index in [0.717, 1.165) is 33.9 Å². The highest BCUT2D eigenvalue weighted by molar-refractivity contribution is 6.10. The maximum Gasteiger partial charge on any atom is 0.0541 e. The molecule has 0 aliphatic heterocycles. The van der Waals surface area contributed by atoms with Gasteiger partial charge in [0.05, 0.1) is 16.7 Å². The fourth-order valence-electron chi connectivity index (χ4n) is 9.83. The normalized spacial score (nSPS) is 11.4. The number of anilines is 3. The van der Waals surface area contributed by atoms with E-state index in [4.69, 9.17) is 0 Å². The SMILES string of the molecule is c1ccc(-c2cc(N(c3ccc(-c4cccc5ccccc45)cc3)c3ccc(-c4ccccc4)c4ccccc34)ccc2-c2cccc(-n3c4ccccc4c4ccccc43)c2)cc1. The first kappa shape index (κ1) is 37.3. The van der Waals surface area contributed by atoms with Gasteiger partial charge in [-0.25, -0.2) is 0 Å². The van der Waals surface area contributed by atoms with Crippen molar-refractivity contribution in [1.82, 2.24) is 4.57 Å². The van der Waals surface area contributed by atoms with Gasteiger partial charge in [0.2, 0.25) is 0 Å². The van der Waals surface area contributed by atoms with Crippen LogP contribution in [0, 0.1) is 0 Å². The molecule has 0 spiro atoms. The topological polar surface area (TPSA) is 8.17 Å². The van der Waals surface area contributed by atoms with Crippen LogP contribution in [0.3, 0.4) is 0 Å². The summed E-state index contributed by atoms with van der Waals surface area (Å²) in [4.78, 5) is 2.44. The molecule has 12 rings (SSSR count). The van der Waals surface area contributed by atoms with Crippen LogP contribution in [0.15, 0.2) is 255 Å². The Labute approximate surface area is 373 Å². The largest absolute Gasteiger partial charge is 0.310 e. The molecule has 0 aliphatic carbocycles. The van der Waals surface area contributed by atoms with Gasteiger partial charge in [0.25, 0.3) is 0 Å². The molecule has 11 aromatic carbocycles. The van der Waals surface area contributed by atoms with Crippen molar-refractivity contribution in [3.05, 3.63) is 255 Å². The molecule has 0 amide bonds. The summed E-state index contributed by atoms with van der Waals surface area (Å²) < 4.78 is 2.40. The standard InChI is InChI=1S/C62H42N2/c1-3-17-43(18-4-1)53-39-40-62(56-27-10-9-26-55(53)56)63(48-35-33-46(34-36-48)52-30-16-22-44-21-7-8-25-51(44)52)50-37-38-54(59(42-50)45-19-5-2-6-20-45)47-23-15-24-49(41-47)64-60-31-13-11-28-57(60)58-29-12-14-32-61(58)64/h1-42H. The quantitative estimate of drug-likeness (QED) is 0.148. The minimum absolute atomic E-state index is 1.08. The predicted molar refractivity (Wildman–Crippen MR) is 272 cm³/mol. The van der Waals surface area contributed by atoms with Crippen molar-refractivity contribution in [3.63, 3.8) is 0 Å². The second kappa shape index (κ2) is 15.8. The molecule has 2 heteroatoms. The molecule has 0 radical (unpaired) electrons. The van der Waals surface area contributed by atoms with Gasteiger partial charge in [-0.05, 0) is 115 Å². The van der Waals surface area contributed by atoms with Crippen LogP contribution in [0.2, 0.25) is 0 Å². The van der Waals surface area contributed by atoms with Gasteiger partial charge in [0, 0.05) is 33.2 Å². The molecule has 64 heavy (non-hydrogen) atoms. The van der Waals surface area contributed by atoms with Gasteiger partial charge in [0.1, 0.15) is 0 Å². The van der Waals surface area contributed by atoms with Gasteiger partial charge in [-0.15, -0.1) is 0 Å². The van der Waals surface area contributed by atoms with Crippen LogP contribution in [0.5, 0.6) is 0 Å². The van der Waals surface area contributed by atoms with Crippen molar-refractivity contribution in [2.75, 3.05) is 4.90 Å². The van der Waals surface area contributed by atoms with E-state index in [1.807, 2.05) is 0 Å². The Kier molecular flexibility index (Phi) is 9.20. The molecular weight excluding hydrogens is 773 g/mol. The molecule has 0 fully saturated rings. The molecule has 0 N–H and O–H groups in total. The molecule has 0 bridgehead atoms. The summed E-state index contributed by atoms with van der Waals surface area (Å²) in [5.41, 5.74) is 16.3. The third-order valence-corrected chi connectivity index (χ3v) is 12.8. The van der Waals surface area contributed by atoms with E-state index in [-0.39, 0.29) is 0 Å². The third kappa shape index (κ3) is 6.44. The smallest absolute Gasteiger partial charge is 0.0541 e. The van der Waals surface area contributed by atoms with E-state index in [1.165, 1.54) is 76.7 Å². The number of aromatic nitrogens is 1. The van der Waals surface area contributed by atoms with Crippen molar-refractivity contribution >= 4 is 60.4 Å². The average Bonchev–Trinajstić information content (AvgIpc) is 3.71. The number of benzene rings is 11. The molecule has 1 heterocycles. The summed E-state index contributed by atoms with van der Waals surface area (Å²) in [5.74, 6) is 0. The van der Waals surface area contributed by atoms with Gasteiger partial charge < -0.3 is 9.47 Å². The van der Waals surface area contributed by atoms with Crippen molar-refractivity contribution in [1.29, 1.82) is 0 Å². The van der Waals surface area contributed by atoms with Gasteiger partial charge in [0.15, 0.2) is 0 Å². The van der Waals surface area contributed by atoms with Crippen LogP contribution in [-0.4, -0.2) is 4.57 Å². The maximum atomic E-state index is 2.44. The Balaban J connectivity index is 1.05. The number of nitrogens with zero attached hydrogens (tertiary/aromatic N) is 2. The molecule has 0 unspecified atom stereocenters. The van der Waals surface area contributed by atoms with E-state index >= 15 is 0 Å². The summed E-state index contributed by atoms with van der Waals surface area (Å²) in [5, 5.41) is 7.41. The summed E-state index contributed by atoms with van der Waals surface area (Å²) >= 11 is 0. The molecule has 0 saturated heterocycles. The lowest BCUT2D eigenvalue weighted by Crippen LogP contribution is -2.11. The van der Waals surface area contributed by atoms with Gasteiger partial charge in [-0.2, -0.15) is 0 Å². The Morgan fingerprint density at radius 1 is 0.266 bits per heavy atom. The number of para-hydroxylation sites is 2. The van der Waals surface area contributed by atoms with Crippen LogP contribution >= 0.6 is 0 Å². The summed E-state index contributed by atoms with van der Waals surface area (Å²) in [7, 11) is 0. The first-order valence-electron chi connectivity index (χ1n) is 22.0. The molecular formula is C62H42N2. The predicted octanol–water partition coefficient (Wildman–Crippen LogP) is 17.2. The lowest BCUT2D eigenvalue weighted by molar-refractivity contribution is 1.18. The second-order valence-corrected chi connectivity index (χ2v) is 16.5. The maximum absolute atomic E-state index is 2.44. The van der Waals surface area contributed by atoms with Crippen LogP contribution in [0.25, 0.3) is 93.5 Å². The van der Waals surface area contributed by atoms with Crippen LogP contribution in [0.4, 0.5) is 17.1 Å². The molecule has 0 atom stereocenters. The number of fused-ring (bicyclic) bond motifs is 5. The minimum atomic E-state index is 1.08. The van der Waals surface area contributed by atoms with E-state index in [9.17, 15) is 0 Å². The summed E-state index contributed by atoms with van der Waals surface area (Å²) in [6.45, 7) is 0. The molecule has 0 saturated carbocycles. The highest BCUT2D eigenvalue weighted by atomic mass is 15.1. The Bertz CT molecular complexity index is 3600. The minimum Gasteiger partial charge on any atom is -0.310 e. The Morgan fingerprint density at radius 2 is 0.766 bits per heavy atom. The fraction of sp³-hybridized carbons (Fsp3) is 0. The summed E-state index contributed by atoms with van der Waals surface area (Å²) in [6.07, 6.45) is 0. The molecule has 2 nitrogen and oxygen atoms in total. The van der Waals surface area contributed by atoms with Crippen molar-refractivity contribution in [2.24, 2.45) is 0 Å². The van der Waals surface area contributed by atoms with Crippen LogP contribution in [0.1, 0.15) is 0 Å². The van der Waals surface area contributed by atoms with Gasteiger partial charge in [-0.1, -0.05) is 200 Å². The average molecular weight is 815 g/mol. The van der Waals surface area contributed by atoms with E-state index < -0.39 is 0 Å². The highest BCUT2D eigenvalue weighted by Crippen LogP contribution is 2.45. The van der Waals surface area contributed by atoms with E-state index in [1.54, 1.807) is 0 Å². The van der Waals surface area contributed by atoms with Gasteiger partial charge >= 0.3 is 0 Å². The lowest BCUT2D eigenvalue weighted by atomic mass is 9.92. The first-order chi connectivity index (χ1) is 31.8. The number of hydrogen-bond donors (Lipinski definition) is 0. The summed E-state index contributed by atoms with van der Waals surface area (Å²) in [6, 6.07) is 92.8. The van der Waals surface area contributed by atoms with Crippen molar-refractivity contribution in [2.45, 2.75) is 0 Å². The fourth-order valence-corrected chi connectivity index (χ4v) is 9.83. The molecule has 12 aromatic rings.